The molecule has 0 radical (unpaired) electrons. The first-order valence-electron chi connectivity index (χ1n) is 9.57. The Bertz CT molecular complexity index is 1260. The van der Waals surface area contributed by atoms with Gasteiger partial charge in [-0.15, -0.1) is 0 Å². The number of anilines is 2. The summed E-state index contributed by atoms with van der Waals surface area (Å²) in [7, 11) is 0. The van der Waals surface area contributed by atoms with Crippen molar-refractivity contribution in [2.75, 3.05) is 11.9 Å². The Morgan fingerprint density at radius 1 is 1.00 bits per heavy atom. The number of aromatic nitrogens is 4. The van der Waals surface area contributed by atoms with Crippen molar-refractivity contribution < 1.29 is 23.4 Å². The lowest BCUT2D eigenvalue weighted by atomic mass is 10.1. The average Bonchev–Trinajstić information content (AvgIpc) is 2.78. The van der Waals surface area contributed by atoms with E-state index in [4.69, 9.17) is 5.11 Å². The van der Waals surface area contributed by atoms with Crippen LogP contribution < -0.4 is 5.32 Å². The second kappa shape index (κ2) is 8.48. The summed E-state index contributed by atoms with van der Waals surface area (Å²) < 4.78 is 38.2. The highest BCUT2D eigenvalue weighted by Crippen LogP contribution is 2.31. The molecule has 0 aromatic carbocycles. The highest BCUT2D eigenvalue weighted by molar-refractivity contribution is 5.94. The third-order valence-corrected chi connectivity index (χ3v) is 4.89. The maximum Gasteiger partial charge on any atom is 0.417 e. The van der Waals surface area contributed by atoms with E-state index in [1.807, 2.05) is 13.0 Å². The van der Waals surface area contributed by atoms with E-state index in [9.17, 15) is 18.3 Å². The van der Waals surface area contributed by atoms with Crippen molar-refractivity contribution >= 4 is 22.4 Å². The zero-order chi connectivity index (χ0) is 22.9. The summed E-state index contributed by atoms with van der Waals surface area (Å²) in [5.41, 5.74) is 1.68. The van der Waals surface area contributed by atoms with Gasteiger partial charge in [-0.25, -0.2) is 9.97 Å². The van der Waals surface area contributed by atoms with E-state index in [1.54, 1.807) is 24.5 Å². The molecule has 7 nitrogen and oxygen atoms in total. The molecule has 0 aliphatic carbocycles. The van der Waals surface area contributed by atoms with Crippen LogP contribution in [0.5, 0.6) is 0 Å². The van der Waals surface area contributed by atoms with Crippen molar-refractivity contribution in [2.45, 2.75) is 19.2 Å². The minimum absolute atomic E-state index is 0.220. The van der Waals surface area contributed by atoms with E-state index in [2.05, 4.69) is 25.3 Å². The van der Waals surface area contributed by atoms with E-state index < -0.39 is 24.5 Å². The van der Waals surface area contributed by atoms with Crippen molar-refractivity contribution in [2.24, 2.45) is 0 Å². The molecule has 0 amide bonds. The predicted octanol–water partition coefficient (Wildman–Crippen LogP) is 4.18. The first kappa shape index (κ1) is 21.6. The summed E-state index contributed by atoms with van der Waals surface area (Å²) >= 11 is 0. The Kier molecular flexibility index (Phi) is 5.72. The Labute approximate surface area is 180 Å². The minimum Gasteiger partial charge on any atom is -0.393 e. The average molecular weight is 441 g/mol. The molecule has 1 atom stereocenters. The second-order valence-corrected chi connectivity index (χ2v) is 7.14. The van der Waals surface area contributed by atoms with Crippen molar-refractivity contribution in [3.05, 3.63) is 71.8 Å². The fraction of sp³-hybridized carbons (Fsp3) is 0.182. The van der Waals surface area contributed by atoms with Gasteiger partial charge in [0.05, 0.1) is 23.6 Å². The normalized spacial score (nSPS) is 12.7. The Hall–Kier alpha value is -3.63. The molecule has 4 heterocycles. The number of hydrogen-bond donors (Lipinski definition) is 3. The van der Waals surface area contributed by atoms with Crippen LogP contribution in [0.3, 0.4) is 0 Å². The van der Waals surface area contributed by atoms with E-state index in [1.165, 1.54) is 12.3 Å². The van der Waals surface area contributed by atoms with Crippen LogP contribution in [0.2, 0.25) is 0 Å². The SMILES string of the molecule is Cc1cc([C@H](O)CO)cnc1-c1cc2ccnc(Nc3ccc(C(F)(F)F)cn3)c2cn1. The van der Waals surface area contributed by atoms with Gasteiger partial charge in [0.1, 0.15) is 17.7 Å². The fourth-order valence-electron chi connectivity index (χ4n) is 3.21. The molecule has 164 valence electrons. The molecule has 3 N–H and O–H groups in total. The number of fused-ring (bicyclic) bond motifs is 1. The first-order valence-corrected chi connectivity index (χ1v) is 9.57. The third-order valence-electron chi connectivity index (χ3n) is 4.89. The largest absolute Gasteiger partial charge is 0.417 e. The van der Waals surface area contributed by atoms with Crippen molar-refractivity contribution in [3.63, 3.8) is 0 Å². The lowest BCUT2D eigenvalue weighted by Gasteiger charge is -2.12. The maximum atomic E-state index is 12.7. The molecule has 0 aliphatic rings. The quantitative estimate of drug-likeness (QED) is 0.427. The van der Waals surface area contributed by atoms with Crippen molar-refractivity contribution in [3.8, 4) is 11.4 Å². The smallest absolute Gasteiger partial charge is 0.393 e. The molecule has 10 heteroatoms. The molecular formula is C22H18F3N5O2. The van der Waals surface area contributed by atoms with Crippen LogP contribution >= 0.6 is 0 Å². The van der Waals surface area contributed by atoms with E-state index >= 15 is 0 Å². The molecule has 32 heavy (non-hydrogen) atoms. The summed E-state index contributed by atoms with van der Waals surface area (Å²) in [4.78, 5) is 16.9. The Morgan fingerprint density at radius 3 is 2.47 bits per heavy atom. The van der Waals surface area contributed by atoms with E-state index in [0.29, 0.717) is 28.2 Å². The van der Waals surface area contributed by atoms with Crippen LogP contribution in [0.15, 0.2) is 55.1 Å². The van der Waals surface area contributed by atoms with Gasteiger partial charge in [-0.2, -0.15) is 13.2 Å². The highest BCUT2D eigenvalue weighted by atomic mass is 19.4. The summed E-state index contributed by atoms with van der Waals surface area (Å²) in [6.45, 7) is 1.43. The monoisotopic (exact) mass is 441 g/mol. The summed E-state index contributed by atoms with van der Waals surface area (Å²) in [6, 6.07) is 7.53. The fourth-order valence-corrected chi connectivity index (χ4v) is 3.21. The highest BCUT2D eigenvalue weighted by Gasteiger charge is 2.30. The van der Waals surface area contributed by atoms with Gasteiger partial charge >= 0.3 is 6.18 Å². The lowest BCUT2D eigenvalue weighted by molar-refractivity contribution is -0.137. The maximum absolute atomic E-state index is 12.7. The molecule has 0 fully saturated rings. The molecule has 0 bridgehead atoms. The van der Waals surface area contributed by atoms with Gasteiger partial charge in [-0.1, -0.05) is 0 Å². The van der Waals surface area contributed by atoms with Crippen LogP contribution in [0, 0.1) is 6.92 Å². The summed E-state index contributed by atoms with van der Waals surface area (Å²) in [5.74, 6) is 0.623. The zero-order valence-corrected chi connectivity index (χ0v) is 16.8. The number of nitrogens with one attached hydrogen (secondary N) is 1. The van der Waals surface area contributed by atoms with Crippen LogP contribution in [0.1, 0.15) is 22.8 Å². The number of aryl methyl sites for hydroxylation is 1. The Balaban J connectivity index is 1.64. The number of hydrogen-bond acceptors (Lipinski definition) is 7. The van der Waals surface area contributed by atoms with E-state index in [0.717, 1.165) is 23.2 Å². The van der Waals surface area contributed by atoms with Crippen LogP contribution in [0.25, 0.3) is 22.2 Å². The topological polar surface area (TPSA) is 104 Å². The van der Waals surface area contributed by atoms with Gasteiger partial charge in [0.25, 0.3) is 0 Å². The number of alkyl halides is 3. The van der Waals surface area contributed by atoms with Crippen LogP contribution in [-0.4, -0.2) is 36.8 Å². The van der Waals surface area contributed by atoms with Crippen LogP contribution in [0.4, 0.5) is 24.8 Å². The summed E-state index contributed by atoms with van der Waals surface area (Å²) in [6.07, 6.45) is -0.0374. The molecule has 0 unspecified atom stereocenters. The summed E-state index contributed by atoms with van der Waals surface area (Å²) in [5, 5.41) is 23.3. The van der Waals surface area contributed by atoms with Gasteiger partial charge in [0.15, 0.2) is 0 Å². The minimum atomic E-state index is -4.45. The van der Waals surface area contributed by atoms with Gasteiger partial charge in [0.2, 0.25) is 0 Å². The second-order valence-electron chi connectivity index (χ2n) is 7.14. The molecule has 4 rings (SSSR count). The molecule has 0 aliphatic heterocycles. The molecular weight excluding hydrogens is 423 g/mol. The number of nitrogens with zero attached hydrogens (tertiary/aromatic N) is 4. The lowest BCUT2D eigenvalue weighted by Crippen LogP contribution is -2.06. The van der Waals surface area contributed by atoms with Crippen LogP contribution in [-0.2, 0) is 6.18 Å². The third kappa shape index (κ3) is 4.36. The number of aliphatic hydroxyl groups is 2. The van der Waals surface area contributed by atoms with Gasteiger partial charge in [-0.05, 0) is 48.2 Å². The van der Waals surface area contributed by atoms with Gasteiger partial charge < -0.3 is 15.5 Å². The van der Waals surface area contributed by atoms with Crippen molar-refractivity contribution in [1.82, 2.24) is 19.9 Å². The molecule has 4 aromatic rings. The number of pyridine rings is 4. The van der Waals surface area contributed by atoms with Crippen molar-refractivity contribution in [1.29, 1.82) is 0 Å². The number of aliphatic hydroxyl groups excluding tert-OH is 2. The van der Waals surface area contributed by atoms with E-state index in [-0.39, 0.29) is 5.82 Å². The molecule has 0 saturated heterocycles. The Morgan fingerprint density at radius 2 is 1.81 bits per heavy atom. The predicted molar refractivity (Wildman–Crippen MR) is 112 cm³/mol. The number of rotatable bonds is 5. The van der Waals surface area contributed by atoms with Gasteiger partial charge in [0, 0.05) is 35.7 Å². The standard InChI is InChI=1S/C22H18F3N5O2/c1-12-6-14(18(32)11-31)8-29-20(12)17-7-13-4-5-26-21(16(13)10-27-17)30-19-3-2-15(9-28-19)22(23,24)25/h2-10,18,31-32H,11H2,1H3,(H,26,28,30)/t18-/m1/s1. The molecule has 0 spiro atoms. The zero-order valence-electron chi connectivity index (χ0n) is 16.8. The van der Waals surface area contributed by atoms with Gasteiger partial charge in [-0.3, -0.25) is 9.97 Å². The molecule has 0 saturated carbocycles. The number of halogens is 3. The molecule has 4 aromatic heterocycles. The first-order chi connectivity index (χ1) is 15.3.